The Labute approximate surface area is 123 Å². The van der Waals surface area contributed by atoms with Gasteiger partial charge in [0.2, 0.25) is 0 Å². The standard InChI is InChI=1S/C14H18F2O4S/c1-9-13(7-8-19-9)21(17,18)10(2)11-3-5-12(6-4-11)20-14(15)16/h3-6,9-10,13-14H,7-8H2,1-2H3/t9-,10+,13+/m0/s1. The van der Waals surface area contributed by atoms with E-state index in [-0.39, 0.29) is 11.9 Å². The predicted octanol–water partition coefficient (Wildman–Crippen LogP) is 2.94. The molecule has 0 aliphatic carbocycles. The summed E-state index contributed by atoms with van der Waals surface area (Å²) in [6.45, 7) is 0.901. The largest absolute Gasteiger partial charge is 0.435 e. The van der Waals surface area contributed by atoms with E-state index in [1.54, 1.807) is 13.8 Å². The molecule has 1 aromatic rings. The molecule has 3 atom stereocenters. The highest BCUT2D eigenvalue weighted by Crippen LogP contribution is 2.32. The van der Waals surface area contributed by atoms with Crippen LogP contribution in [-0.2, 0) is 14.6 Å². The fraction of sp³-hybridized carbons (Fsp3) is 0.571. The molecule has 0 bridgehead atoms. The van der Waals surface area contributed by atoms with Gasteiger partial charge in [-0.1, -0.05) is 12.1 Å². The van der Waals surface area contributed by atoms with Crippen LogP contribution < -0.4 is 4.74 Å². The first-order chi connectivity index (χ1) is 9.82. The fourth-order valence-corrected chi connectivity index (χ4v) is 4.61. The molecule has 0 unspecified atom stereocenters. The second kappa shape index (κ2) is 6.27. The average molecular weight is 320 g/mol. The molecule has 1 aliphatic rings. The number of ether oxygens (including phenoxy) is 2. The van der Waals surface area contributed by atoms with Crippen LogP contribution in [0.15, 0.2) is 24.3 Å². The van der Waals surface area contributed by atoms with Crippen LogP contribution in [-0.4, -0.2) is 33.0 Å². The average Bonchev–Trinajstić information content (AvgIpc) is 2.85. The summed E-state index contributed by atoms with van der Waals surface area (Å²) in [7, 11) is -3.39. The van der Waals surface area contributed by atoms with Gasteiger partial charge < -0.3 is 9.47 Å². The minimum Gasteiger partial charge on any atom is -0.435 e. The summed E-state index contributed by atoms with van der Waals surface area (Å²) in [5.74, 6) is 0.0101. The minimum absolute atomic E-state index is 0.0101. The Balaban J connectivity index is 2.17. The first-order valence-corrected chi connectivity index (χ1v) is 8.32. The van der Waals surface area contributed by atoms with E-state index in [1.807, 2.05) is 0 Å². The maximum absolute atomic E-state index is 12.6. The Morgan fingerprint density at radius 1 is 1.29 bits per heavy atom. The quantitative estimate of drug-likeness (QED) is 0.837. The molecule has 21 heavy (non-hydrogen) atoms. The molecule has 1 aliphatic heterocycles. The number of benzene rings is 1. The van der Waals surface area contributed by atoms with E-state index in [4.69, 9.17) is 4.74 Å². The van der Waals surface area contributed by atoms with Gasteiger partial charge >= 0.3 is 6.61 Å². The lowest BCUT2D eigenvalue weighted by Gasteiger charge is -2.21. The van der Waals surface area contributed by atoms with E-state index in [9.17, 15) is 17.2 Å². The van der Waals surface area contributed by atoms with Crippen molar-refractivity contribution in [3.05, 3.63) is 29.8 Å². The summed E-state index contributed by atoms with van der Waals surface area (Å²) in [4.78, 5) is 0. The molecule has 1 fully saturated rings. The van der Waals surface area contributed by atoms with Crippen molar-refractivity contribution < 1.29 is 26.7 Å². The molecular weight excluding hydrogens is 302 g/mol. The van der Waals surface area contributed by atoms with E-state index in [2.05, 4.69) is 4.74 Å². The molecule has 0 saturated carbocycles. The second-order valence-corrected chi connectivity index (χ2v) is 7.57. The normalized spacial score (nSPS) is 24.2. The lowest BCUT2D eigenvalue weighted by Crippen LogP contribution is -2.31. The number of hydrogen-bond donors (Lipinski definition) is 0. The molecule has 0 aromatic heterocycles. The zero-order valence-electron chi connectivity index (χ0n) is 11.8. The molecule has 0 amide bonds. The predicted molar refractivity (Wildman–Crippen MR) is 74.2 cm³/mol. The van der Waals surface area contributed by atoms with Gasteiger partial charge in [0.25, 0.3) is 0 Å². The van der Waals surface area contributed by atoms with E-state index in [0.29, 0.717) is 18.6 Å². The Morgan fingerprint density at radius 2 is 1.90 bits per heavy atom. The van der Waals surface area contributed by atoms with Crippen molar-refractivity contribution in [2.45, 2.75) is 43.5 Å². The van der Waals surface area contributed by atoms with E-state index >= 15 is 0 Å². The van der Waals surface area contributed by atoms with Crippen molar-refractivity contribution in [1.29, 1.82) is 0 Å². The molecule has 0 N–H and O–H groups in total. The van der Waals surface area contributed by atoms with Crippen molar-refractivity contribution >= 4 is 9.84 Å². The third-order valence-corrected chi connectivity index (χ3v) is 6.52. The molecule has 4 nitrogen and oxygen atoms in total. The van der Waals surface area contributed by atoms with Gasteiger partial charge in [-0.3, -0.25) is 0 Å². The maximum Gasteiger partial charge on any atom is 0.387 e. The SMILES string of the molecule is C[C@@H]1OCC[C@H]1S(=O)(=O)[C@H](C)c1ccc(OC(F)F)cc1. The van der Waals surface area contributed by atoms with Gasteiger partial charge in [0.1, 0.15) is 5.75 Å². The maximum atomic E-state index is 12.6. The summed E-state index contributed by atoms with van der Waals surface area (Å²) in [6, 6.07) is 5.70. The van der Waals surface area contributed by atoms with Gasteiger partial charge in [0.15, 0.2) is 9.84 Å². The molecule has 1 heterocycles. The molecule has 1 aromatic carbocycles. The topological polar surface area (TPSA) is 52.6 Å². The number of sulfone groups is 1. The molecule has 0 radical (unpaired) electrons. The van der Waals surface area contributed by atoms with Crippen molar-refractivity contribution in [2.75, 3.05) is 6.61 Å². The van der Waals surface area contributed by atoms with Crippen molar-refractivity contribution in [3.8, 4) is 5.75 Å². The summed E-state index contributed by atoms with van der Waals surface area (Å²) in [5.41, 5.74) is 0.552. The summed E-state index contributed by atoms with van der Waals surface area (Å²) >= 11 is 0. The third-order valence-electron chi connectivity index (χ3n) is 3.80. The molecular formula is C14H18F2O4S. The third kappa shape index (κ3) is 3.52. The highest BCUT2D eigenvalue weighted by Gasteiger charge is 2.39. The minimum atomic E-state index is -3.39. The summed E-state index contributed by atoms with van der Waals surface area (Å²) in [5, 5.41) is -1.24. The Hall–Kier alpha value is -1.21. The van der Waals surface area contributed by atoms with Crippen LogP contribution in [0.25, 0.3) is 0 Å². The van der Waals surface area contributed by atoms with E-state index < -0.39 is 26.9 Å². The summed E-state index contributed by atoms with van der Waals surface area (Å²) in [6.07, 6.45) is 0.166. The van der Waals surface area contributed by atoms with Gasteiger partial charge in [-0.05, 0) is 38.0 Å². The van der Waals surface area contributed by atoms with Gasteiger partial charge in [0.05, 0.1) is 16.6 Å². The smallest absolute Gasteiger partial charge is 0.387 e. The van der Waals surface area contributed by atoms with Crippen LogP contribution in [0, 0.1) is 0 Å². The zero-order valence-corrected chi connectivity index (χ0v) is 12.6. The Bertz CT molecular complexity index is 571. The van der Waals surface area contributed by atoms with Gasteiger partial charge in [0, 0.05) is 6.61 Å². The number of hydrogen-bond acceptors (Lipinski definition) is 4. The summed E-state index contributed by atoms with van der Waals surface area (Å²) < 4.78 is 58.9. The monoisotopic (exact) mass is 320 g/mol. The number of alkyl halides is 2. The molecule has 0 spiro atoms. The number of rotatable bonds is 5. The van der Waals surface area contributed by atoms with Gasteiger partial charge in [-0.2, -0.15) is 8.78 Å². The van der Waals surface area contributed by atoms with Gasteiger partial charge in [-0.15, -0.1) is 0 Å². The molecule has 118 valence electrons. The van der Waals surface area contributed by atoms with Crippen molar-refractivity contribution in [2.24, 2.45) is 0 Å². The lowest BCUT2D eigenvalue weighted by atomic mass is 10.1. The zero-order chi connectivity index (χ0) is 15.6. The Morgan fingerprint density at radius 3 is 2.38 bits per heavy atom. The fourth-order valence-electron chi connectivity index (χ4n) is 2.52. The van der Waals surface area contributed by atoms with E-state index in [0.717, 1.165) is 0 Å². The Kier molecular flexibility index (Phi) is 4.83. The van der Waals surface area contributed by atoms with E-state index in [1.165, 1.54) is 24.3 Å². The molecule has 2 rings (SSSR count). The van der Waals surface area contributed by atoms with Crippen LogP contribution >= 0.6 is 0 Å². The van der Waals surface area contributed by atoms with Crippen LogP contribution in [0.2, 0.25) is 0 Å². The van der Waals surface area contributed by atoms with Crippen LogP contribution in [0.1, 0.15) is 31.1 Å². The first kappa shape index (κ1) is 16.2. The molecule has 7 heteroatoms. The van der Waals surface area contributed by atoms with Gasteiger partial charge in [-0.25, -0.2) is 8.42 Å². The lowest BCUT2D eigenvalue weighted by molar-refractivity contribution is -0.0498. The van der Waals surface area contributed by atoms with Crippen molar-refractivity contribution in [1.82, 2.24) is 0 Å². The number of halogens is 2. The second-order valence-electron chi connectivity index (χ2n) is 5.08. The highest BCUT2D eigenvalue weighted by molar-refractivity contribution is 7.92. The van der Waals surface area contributed by atoms with Crippen LogP contribution in [0.3, 0.4) is 0 Å². The first-order valence-electron chi connectivity index (χ1n) is 6.71. The van der Waals surface area contributed by atoms with Crippen molar-refractivity contribution in [3.63, 3.8) is 0 Å². The van der Waals surface area contributed by atoms with Crippen LogP contribution in [0.4, 0.5) is 8.78 Å². The molecule has 1 saturated heterocycles. The van der Waals surface area contributed by atoms with Crippen LogP contribution in [0.5, 0.6) is 5.75 Å². The highest BCUT2D eigenvalue weighted by atomic mass is 32.2.